The monoisotopic (exact) mass is 384 g/mol. The van der Waals surface area contributed by atoms with Gasteiger partial charge in [-0.25, -0.2) is 4.39 Å². The van der Waals surface area contributed by atoms with Gasteiger partial charge in [0.05, 0.1) is 5.69 Å². The third-order valence-corrected chi connectivity index (χ3v) is 4.97. The number of halogens is 1. The van der Waals surface area contributed by atoms with Gasteiger partial charge in [-0.15, -0.1) is 0 Å². The minimum absolute atomic E-state index is 0.0286. The molecule has 1 unspecified atom stereocenters. The SMILES string of the molecule is CCNC(=O)C(c1ccccc1)N1CCN(c2ccc(C(N)=O)cc2F)CC1. The Hall–Kier alpha value is -2.93. The quantitative estimate of drug-likeness (QED) is 0.798. The summed E-state index contributed by atoms with van der Waals surface area (Å²) in [6.45, 7) is 4.86. The number of nitrogens with one attached hydrogen (secondary N) is 1. The molecule has 148 valence electrons. The number of carbonyl (C=O) groups is 2. The first kappa shape index (κ1) is 19.8. The van der Waals surface area contributed by atoms with Gasteiger partial charge in [0.15, 0.2) is 0 Å². The minimum Gasteiger partial charge on any atom is -0.367 e. The maximum atomic E-state index is 14.4. The van der Waals surface area contributed by atoms with E-state index in [1.807, 2.05) is 42.2 Å². The maximum absolute atomic E-state index is 14.4. The summed E-state index contributed by atoms with van der Waals surface area (Å²) < 4.78 is 14.4. The van der Waals surface area contributed by atoms with Gasteiger partial charge in [-0.05, 0) is 30.7 Å². The second-order valence-corrected chi connectivity index (χ2v) is 6.76. The van der Waals surface area contributed by atoms with E-state index in [2.05, 4.69) is 10.2 Å². The van der Waals surface area contributed by atoms with Gasteiger partial charge in [0.2, 0.25) is 11.8 Å². The standard InChI is InChI=1S/C21H25FN4O2/c1-2-24-21(28)19(15-6-4-3-5-7-15)26-12-10-25(11-13-26)18-9-8-16(20(23)27)14-17(18)22/h3-9,14,19H,2,10-13H2,1H3,(H2,23,27)(H,24,28). The zero-order valence-electron chi connectivity index (χ0n) is 15.9. The molecule has 2 aromatic carbocycles. The number of benzene rings is 2. The molecule has 1 saturated heterocycles. The van der Waals surface area contributed by atoms with Crippen molar-refractivity contribution in [2.45, 2.75) is 13.0 Å². The average molecular weight is 384 g/mol. The first-order valence-corrected chi connectivity index (χ1v) is 9.42. The van der Waals surface area contributed by atoms with E-state index in [1.165, 1.54) is 12.1 Å². The summed E-state index contributed by atoms with van der Waals surface area (Å²) in [6, 6.07) is 13.6. The number of hydrogen-bond donors (Lipinski definition) is 2. The van der Waals surface area contributed by atoms with E-state index in [1.54, 1.807) is 6.07 Å². The lowest BCUT2D eigenvalue weighted by Gasteiger charge is -2.39. The molecule has 0 spiro atoms. The van der Waals surface area contributed by atoms with Gasteiger partial charge in [-0.3, -0.25) is 14.5 Å². The summed E-state index contributed by atoms with van der Waals surface area (Å²) in [5.74, 6) is -1.14. The van der Waals surface area contributed by atoms with Crippen LogP contribution >= 0.6 is 0 Å². The van der Waals surface area contributed by atoms with Crippen LogP contribution in [0.2, 0.25) is 0 Å². The van der Waals surface area contributed by atoms with E-state index >= 15 is 0 Å². The Morgan fingerprint density at radius 2 is 1.79 bits per heavy atom. The van der Waals surface area contributed by atoms with Gasteiger partial charge in [0.1, 0.15) is 11.9 Å². The number of nitrogens with two attached hydrogens (primary N) is 1. The van der Waals surface area contributed by atoms with Crippen molar-refractivity contribution < 1.29 is 14.0 Å². The van der Waals surface area contributed by atoms with Crippen LogP contribution in [0.1, 0.15) is 28.9 Å². The Kier molecular flexibility index (Phi) is 6.26. The molecule has 6 nitrogen and oxygen atoms in total. The van der Waals surface area contributed by atoms with Crippen molar-refractivity contribution in [3.8, 4) is 0 Å². The molecule has 28 heavy (non-hydrogen) atoms. The third kappa shape index (κ3) is 4.31. The Morgan fingerprint density at radius 3 is 2.36 bits per heavy atom. The summed E-state index contributed by atoms with van der Waals surface area (Å²) in [5, 5.41) is 2.91. The Labute approximate surface area is 164 Å². The maximum Gasteiger partial charge on any atom is 0.248 e. The van der Waals surface area contributed by atoms with Crippen LogP contribution in [0.3, 0.4) is 0 Å². The van der Waals surface area contributed by atoms with Gasteiger partial charge in [0.25, 0.3) is 0 Å². The zero-order chi connectivity index (χ0) is 20.1. The van der Waals surface area contributed by atoms with Gasteiger partial charge in [0, 0.05) is 38.3 Å². The zero-order valence-corrected chi connectivity index (χ0v) is 15.9. The number of piperazine rings is 1. The number of carbonyl (C=O) groups excluding carboxylic acids is 2. The minimum atomic E-state index is -0.650. The van der Waals surface area contributed by atoms with Crippen LogP contribution in [0.25, 0.3) is 0 Å². The molecule has 1 aliphatic heterocycles. The first-order valence-electron chi connectivity index (χ1n) is 9.42. The number of amides is 2. The van der Waals surface area contributed by atoms with E-state index in [0.29, 0.717) is 38.4 Å². The van der Waals surface area contributed by atoms with Crippen molar-refractivity contribution in [2.24, 2.45) is 5.73 Å². The Morgan fingerprint density at radius 1 is 1.11 bits per heavy atom. The van der Waals surface area contributed by atoms with E-state index in [0.717, 1.165) is 5.56 Å². The molecule has 1 heterocycles. The molecule has 7 heteroatoms. The van der Waals surface area contributed by atoms with Crippen molar-refractivity contribution >= 4 is 17.5 Å². The highest BCUT2D eigenvalue weighted by molar-refractivity contribution is 5.93. The molecule has 0 aliphatic carbocycles. The largest absolute Gasteiger partial charge is 0.367 e. The number of hydrogen-bond acceptors (Lipinski definition) is 4. The molecule has 2 aromatic rings. The first-order chi connectivity index (χ1) is 13.5. The fourth-order valence-electron chi connectivity index (χ4n) is 3.57. The second kappa shape index (κ2) is 8.84. The third-order valence-electron chi connectivity index (χ3n) is 4.97. The van der Waals surface area contributed by atoms with Crippen LogP contribution < -0.4 is 16.0 Å². The van der Waals surface area contributed by atoms with Gasteiger partial charge in [-0.2, -0.15) is 0 Å². The van der Waals surface area contributed by atoms with Crippen LogP contribution in [0.4, 0.5) is 10.1 Å². The lowest BCUT2D eigenvalue weighted by molar-refractivity contribution is -0.126. The molecular formula is C21H25FN4O2. The summed E-state index contributed by atoms with van der Waals surface area (Å²) in [5.41, 5.74) is 6.75. The summed E-state index contributed by atoms with van der Waals surface area (Å²) in [6.07, 6.45) is 0. The molecule has 0 aromatic heterocycles. The summed E-state index contributed by atoms with van der Waals surface area (Å²) in [4.78, 5) is 27.9. The van der Waals surface area contributed by atoms with E-state index < -0.39 is 11.7 Å². The van der Waals surface area contributed by atoms with Crippen molar-refractivity contribution in [3.63, 3.8) is 0 Å². The molecular weight excluding hydrogens is 359 g/mol. The molecule has 0 saturated carbocycles. The van der Waals surface area contributed by atoms with Crippen LogP contribution in [-0.2, 0) is 4.79 Å². The van der Waals surface area contributed by atoms with Crippen LogP contribution in [0.5, 0.6) is 0 Å². The normalized spacial score (nSPS) is 15.9. The molecule has 1 atom stereocenters. The summed E-state index contributed by atoms with van der Waals surface area (Å²) >= 11 is 0. The fraction of sp³-hybridized carbons (Fsp3) is 0.333. The molecule has 1 fully saturated rings. The van der Waals surface area contributed by atoms with Gasteiger partial charge in [-0.1, -0.05) is 30.3 Å². The number of anilines is 1. The number of rotatable bonds is 6. The Bertz CT molecular complexity index is 836. The van der Waals surface area contributed by atoms with Gasteiger partial charge < -0.3 is 16.0 Å². The predicted molar refractivity (Wildman–Crippen MR) is 107 cm³/mol. The lowest BCUT2D eigenvalue weighted by Crippen LogP contribution is -2.51. The smallest absolute Gasteiger partial charge is 0.248 e. The van der Waals surface area contributed by atoms with E-state index in [4.69, 9.17) is 5.73 Å². The number of nitrogens with zero attached hydrogens (tertiary/aromatic N) is 2. The molecule has 3 N–H and O–H groups in total. The van der Waals surface area contributed by atoms with Crippen LogP contribution in [0.15, 0.2) is 48.5 Å². The second-order valence-electron chi connectivity index (χ2n) is 6.76. The molecule has 0 radical (unpaired) electrons. The Balaban J connectivity index is 1.74. The van der Waals surface area contributed by atoms with Crippen LogP contribution in [0, 0.1) is 5.82 Å². The molecule has 3 rings (SSSR count). The highest BCUT2D eigenvalue weighted by Crippen LogP contribution is 2.26. The highest BCUT2D eigenvalue weighted by Gasteiger charge is 2.30. The highest BCUT2D eigenvalue weighted by atomic mass is 19.1. The number of primary amides is 1. The number of likely N-dealkylation sites (N-methyl/N-ethyl adjacent to an activating group) is 1. The average Bonchev–Trinajstić information content (AvgIpc) is 2.70. The topological polar surface area (TPSA) is 78.7 Å². The van der Waals surface area contributed by atoms with Crippen LogP contribution in [-0.4, -0.2) is 49.4 Å². The van der Waals surface area contributed by atoms with E-state index in [-0.39, 0.29) is 17.5 Å². The van der Waals surface area contributed by atoms with Crippen molar-refractivity contribution in [1.29, 1.82) is 0 Å². The fourth-order valence-corrected chi connectivity index (χ4v) is 3.57. The molecule has 0 bridgehead atoms. The summed E-state index contributed by atoms with van der Waals surface area (Å²) in [7, 11) is 0. The van der Waals surface area contributed by atoms with Gasteiger partial charge >= 0.3 is 0 Å². The lowest BCUT2D eigenvalue weighted by atomic mass is 10.0. The predicted octanol–water partition coefficient (Wildman–Crippen LogP) is 1.92. The van der Waals surface area contributed by atoms with E-state index in [9.17, 15) is 14.0 Å². The van der Waals surface area contributed by atoms with Crippen molar-refractivity contribution in [1.82, 2.24) is 10.2 Å². The molecule has 2 amide bonds. The molecule has 1 aliphatic rings. The van der Waals surface area contributed by atoms with Crippen molar-refractivity contribution in [3.05, 3.63) is 65.5 Å². The van der Waals surface area contributed by atoms with Crippen molar-refractivity contribution in [2.75, 3.05) is 37.6 Å².